The second-order valence-electron chi connectivity index (χ2n) is 4.15. The number of hydrogen-bond donors (Lipinski definition) is 2. The monoisotopic (exact) mass is 245 g/mol. The highest BCUT2D eigenvalue weighted by Crippen LogP contribution is 2.17. The first-order valence-corrected chi connectivity index (χ1v) is 5.39. The van der Waals surface area contributed by atoms with Gasteiger partial charge < -0.3 is 10.4 Å². The Kier molecular flexibility index (Phi) is 5.19. The summed E-state index contributed by atoms with van der Waals surface area (Å²) in [4.78, 5) is 0. The Morgan fingerprint density at radius 3 is 2.94 bits per heavy atom. The van der Waals surface area contributed by atoms with E-state index in [0.29, 0.717) is 0 Å². The van der Waals surface area contributed by atoms with Crippen LogP contribution >= 0.6 is 12.4 Å². The molecule has 2 rings (SSSR count). The van der Waals surface area contributed by atoms with Gasteiger partial charge in [0.1, 0.15) is 5.82 Å². The molecule has 0 aliphatic carbocycles. The lowest BCUT2D eigenvalue weighted by atomic mass is 9.90. The van der Waals surface area contributed by atoms with Crippen molar-refractivity contribution >= 4 is 12.4 Å². The van der Waals surface area contributed by atoms with Gasteiger partial charge in [0, 0.05) is 12.5 Å². The van der Waals surface area contributed by atoms with Crippen LogP contribution in [0, 0.1) is 11.7 Å². The van der Waals surface area contributed by atoms with Crippen LogP contribution in [-0.2, 0) is 6.42 Å². The lowest BCUT2D eigenvalue weighted by Crippen LogP contribution is -2.40. The number of aliphatic hydroxyl groups is 1. The quantitative estimate of drug-likeness (QED) is 0.832. The fourth-order valence-electron chi connectivity index (χ4n) is 2.08. The van der Waals surface area contributed by atoms with E-state index < -0.39 is 0 Å². The summed E-state index contributed by atoms with van der Waals surface area (Å²) in [5, 5.41) is 13.0. The molecule has 0 radical (unpaired) electrons. The summed E-state index contributed by atoms with van der Waals surface area (Å²) in [5.41, 5.74) is 0.961. The minimum atomic E-state index is -0.255. The van der Waals surface area contributed by atoms with Gasteiger partial charge in [-0.1, -0.05) is 12.1 Å². The molecule has 0 spiro atoms. The first-order valence-electron chi connectivity index (χ1n) is 5.39. The number of halogens is 2. The molecule has 2 N–H and O–H groups in total. The molecule has 0 saturated carbocycles. The number of benzene rings is 1. The molecule has 2 atom stereocenters. The van der Waals surface area contributed by atoms with E-state index in [4.69, 9.17) is 0 Å². The SMILES string of the molecule is Cl.O[C@@H]1CCNC[C@H]1Cc1cccc(F)c1. The van der Waals surface area contributed by atoms with Crippen LogP contribution in [0.25, 0.3) is 0 Å². The van der Waals surface area contributed by atoms with Crippen LogP contribution in [0.15, 0.2) is 24.3 Å². The molecule has 0 aromatic heterocycles. The van der Waals surface area contributed by atoms with E-state index in [1.165, 1.54) is 6.07 Å². The molecular weight excluding hydrogens is 229 g/mol. The van der Waals surface area contributed by atoms with Crippen molar-refractivity contribution in [2.45, 2.75) is 18.9 Å². The van der Waals surface area contributed by atoms with Crippen molar-refractivity contribution in [3.05, 3.63) is 35.6 Å². The molecule has 90 valence electrons. The number of nitrogens with one attached hydrogen (secondary N) is 1. The maximum absolute atomic E-state index is 12.9. The molecule has 16 heavy (non-hydrogen) atoms. The number of aliphatic hydroxyl groups excluding tert-OH is 1. The Labute approximate surface area is 101 Å². The molecule has 1 aromatic rings. The van der Waals surface area contributed by atoms with Crippen LogP contribution in [0.3, 0.4) is 0 Å². The lowest BCUT2D eigenvalue weighted by Gasteiger charge is -2.28. The van der Waals surface area contributed by atoms with Gasteiger partial charge in [0.25, 0.3) is 0 Å². The first kappa shape index (κ1) is 13.4. The number of piperidine rings is 1. The normalized spacial score (nSPS) is 24.9. The molecular formula is C12H17ClFNO. The predicted molar refractivity (Wildman–Crippen MR) is 64.3 cm³/mol. The Balaban J connectivity index is 0.00000128. The second kappa shape index (κ2) is 6.18. The number of rotatable bonds is 2. The van der Waals surface area contributed by atoms with Crippen molar-refractivity contribution in [1.82, 2.24) is 5.32 Å². The first-order chi connectivity index (χ1) is 7.25. The van der Waals surface area contributed by atoms with E-state index >= 15 is 0 Å². The van der Waals surface area contributed by atoms with Crippen molar-refractivity contribution in [3.63, 3.8) is 0 Å². The minimum Gasteiger partial charge on any atom is -0.393 e. The van der Waals surface area contributed by atoms with E-state index in [1.807, 2.05) is 6.07 Å². The molecule has 0 bridgehead atoms. The van der Waals surface area contributed by atoms with Gasteiger partial charge in [0.15, 0.2) is 0 Å². The van der Waals surface area contributed by atoms with Gasteiger partial charge in [-0.2, -0.15) is 0 Å². The Hall–Kier alpha value is -0.640. The maximum Gasteiger partial charge on any atom is 0.123 e. The molecule has 2 nitrogen and oxygen atoms in total. The Bertz CT molecular complexity index is 335. The second-order valence-corrected chi connectivity index (χ2v) is 4.15. The zero-order valence-electron chi connectivity index (χ0n) is 9.03. The van der Waals surface area contributed by atoms with Crippen molar-refractivity contribution in [2.75, 3.05) is 13.1 Å². The Morgan fingerprint density at radius 1 is 1.44 bits per heavy atom. The van der Waals surface area contributed by atoms with Crippen molar-refractivity contribution in [2.24, 2.45) is 5.92 Å². The van der Waals surface area contributed by atoms with Crippen LogP contribution in [0.2, 0.25) is 0 Å². The summed E-state index contributed by atoms with van der Waals surface area (Å²) >= 11 is 0. The average molecular weight is 246 g/mol. The highest BCUT2D eigenvalue weighted by molar-refractivity contribution is 5.85. The molecule has 0 amide bonds. The Morgan fingerprint density at radius 2 is 2.25 bits per heavy atom. The maximum atomic E-state index is 12.9. The number of hydrogen-bond acceptors (Lipinski definition) is 2. The third-order valence-electron chi connectivity index (χ3n) is 2.95. The van der Waals surface area contributed by atoms with E-state index in [-0.39, 0.29) is 30.2 Å². The molecule has 1 heterocycles. The highest BCUT2D eigenvalue weighted by Gasteiger charge is 2.22. The molecule has 0 unspecified atom stereocenters. The summed E-state index contributed by atoms with van der Waals surface area (Å²) in [5.74, 6) is 0.00584. The van der Waals surface area contributed by atoms with Gasteiger partial charge in [-0.05, 0) is 37.1 Å². The molecule has 4 heteroatoms. The smallest absolute Gasteiger partial charge is 0.123 e. The van der Waals surface area contributed by atoms with Crippen LogP contribution in [-0.4, -0.2) is 24.3 Å². The molecule has 1 aliphatic rings. The van der Waals surface area contributed by atoms with Gasteiger partial charge in [-0.25, -0.2) is 4.39 Å². The highest BCUT2D eigenvalue weighted by atomic mass is 35.5. The summed E-state index contributed by atoms with van der Waals surface area (Å²) < 4.78 is 12.9. The summed E-state index contributed by atoms with van der Waals surface area (Å²) in [6.45, 7) is 1.69. The van der Waals surface area contributed by atoms with Gasteiger partial charge >= 0.3 is 0 Å². The third-order valence-corrected chi connectivity index (χ3v) is 2.95. The minimum absolute atomic E-state index is 0. The fraction of sp³-hybridized carbons (Fsp3) is 0.500. The zero-order chi connectivity index (χ0) is 10.7. The predicted octanol–water partition coefficient (Wildman–Crippen LogP) is 1.76. The lowest BCUT2D eigenvalue weighted by molar-refractivity contribution is 0.0791. The van der Waals surface area contributed by atoms with E-state index in [0.717, 1.165) is 31.5 Å². The molecule has 1 fully saturated rings. The average Bonchev–Trinajstić information content (AvgIpc) is 2.22. The van der Waals surface area contributed by atoms with E-state index in [9.17, 15) is 9.50 Å². The van der Waals surface area contributed by atoms with Crippen LogP contribution in [0.5, 0.6) is 0 Å². The molecule has 1 aromatic carbocycles. The van der Waals surface area contributed by atoms with Crippen molar-refractivity contribution in [1.29, 1.82) is 0 Å². The zero-order valence-corrected chi connectivity index (χ0v) is 9.84. The third kappa shape index (κ3) is 3.44. The van der Waals surface area contributed by atoms with Crippen LogP contribution in [0.1, 0.15) is 12.0 Å². The largest absolute Gasteiger partial charge is 0.393 e. The summed E-state index contributed by atoms with van der Waals surface area (Å²) in [7, 11) is 0. The van der Waals surface area contributed by atoms with E-state index in [2.05, 4.69) is 5.32 Å². The molecule has 1 saturated heterocycles. The van der Waals surface area contributed by atoms with E-state index in [1.54, 1.807) is 12.1 Å². The molecule has 1 aliphatic heterocycles. The van der Waals surface area contributed by atoms with Crippen molar-refractivity contribution < 1.29 is 9.50 Å². The standard InChI is InChI=1S/C12H16FNO.ClH/c13-11-3-1-2-9(7-11)6-10-8-14-5-4-12(10)15;/h1-3,7,10,12,14-15H,4-6,8H2;1H/t10-,12-;/m1./s1. The summed E-state index contributed by atoms with van der Waals surface area (Å²) in [6, 6.07) is 6.61. The van der Waals surface area contributed by atoms with Gasteiger partial charge in [0.2, 0.25) is 0 Å². The van der Waals surface area contributed by atoms with Gasteiger partial charge in [-0.3, -0.25) is 0 Å². The van der Waals surface area contributed by atoms with Crippen molar-refractivity contribution in [3.8, 4) is 0 Å². The topological polar surface area (TPSA) is 32.3 Å². The summed E-state index contributed by atoms with van der Waals surface area (Å²) in [6.07, 6.45) is 1.28. The van der Waals surface area contributed by atoms with Crippen LogP contribution < -0.4 is 5.32 Å². The van der Waals surface area contributed by atoms with Gasteiger partial charge in [0.05, 0.1) is 6.10 Å². The van der Waals surface area contributed by atoms with Gasteiger partial charge in [-0.15, -0.1) is 12.4 Å². The van der Waals surface area contributed by atoms with Crippen LogP contribution in [0.4, 0.5) is 4.39 Å². The fourth-order valence-corrected chi connectivity index (χ4v) is 2.08.